The molecule has 0 radical (unpaired) electrons. The maximum absolute atomic E-state index is 14.2. The maximum Gasteiger partial charge on any atom is 0.418 e. The number of ether oxygens (including phenoxy) is 1. The molecule has 0 fully saturated rings. The van der Waals surface area contributed by atoms with E-state index < -0.39 is 67.6 Å². The van der Waals surface area contributed by atoms with Gasteiger partial charge in [0.25, 0.3) is 10.0 Å². The van der Waals surface area contributed by atoms with Crippen LogP contribution in [0, 0.1) is 5.92 Å². The summed E-state index contributed by atoms with van der Waals surface area (Å²) in [7, 11) is -1.09. The van der Waals surface area contributed by atoms with Gasteiger partial charge in [0.1, 0.15) is 0 Å². The molecule has 50 heavy (non-hydrogen) atoms. The van der Waals surface area contributed by atoms with Gasteiger partial charge in [-0.25, -0.2) is 8.42 Å². The van der Waals surface area contributed by atoms with Gasteiger partial charge in [-0.05, 0) is 60.0 Å². The molecule has 266 valence electrons. The van der Waals surface area contributed by atoms with E-state index in [1.807, 2.05) is 0 Å². The first-order valence-electron chi connectivity index (χ1n) is 14.8. The van der Waals surface area contributed by atoms with Crippen LogP contribution in [0.5, 0.6) is 0 Å². The van der Waals surface area contributed by atoms with Crippen molar-refractivity contribution in [2.45, 2.75) is 36.6 Å². The first-order chi connectivity index (χ1) is 23.3. The van der Waals surface area contributed by atoms with Crippen LogP contribution in [0.25, 0.3) is 0 Å². The highest BCUT2D eigenvalue weighted by atomic mass is 35.5. The van der Waals surface area contributed by atoms with Crippen LogP contribution in [0.15, 0.2) is 95.9 Å². The zero-order valence-corrected chi connectivity index (χ0v) is 28.4. The van der Waals surface area contributed by atoms with Crippen LogP contribution in [-0.4, -0.2) is 41.4 Å². The molecule has 0 amide bonds. The van der Waals surface area contributed by atoms with E-state index in [9.17, 15) is 44.3 Å². The van der Waals surface area contributed by atoms with Crippen molar-refractivity contribution in [1.82, 2.24) is 0 Å². The number of anilines is 2. The smallest absolute Gasteiger partial charge is 0.418 e. The number of rotatable bonds is 12. The number of hydrogen-bond donors (Lipinski definition) is 0. The minimum absolute atomic E-state index is 0.0595. The molecule has 0 aliphatic rings. The minimum atomic E-state index is -4.96. The molecule has 0 bridgehead atoms. The van der Waals surface area contributed by atoms with Gasteiger partial charge in [0.2, 0.25) is 0 Å². The SMILES string of the molecule is COC(=O)C(CC(=O)c1cccc(N(Cc2ccc(Cl)c(C(F)(F)F)c2)S(=O)(=O)c2ccc(N(C)C)c(C(F)(F)F)c2)c1)Cc1ccccc1. The molecule has 0 N–H and O–H groups in total. The largest absolute Gasteiger partial charge is 0.469 e. The van der Waals surface area contributed by atoms with Gasteiger partial charge in [-0.2, -0.15) is 26.3 Å². The Morgan fingerprint density at radius 1 is 0.800 bits per heavy atom. The highest BCUT2D eigenvalue weighted by Crippen LogP contribution is 2.40. The van der Waals surface area contributed by atoms with Gasteiger partial charge in [0.05, 0.1) is 46.3 Å². The van der Waals surface area contributed by atoms with Crippen LogP contribution >= 0.6 is 11.6 Å². The molecule has 7 nitrogen and oxygen atoms in total. The summed E-state index contributed by atoms with van der Waals surface area (Å²) in [4.78, 5) is 26.5. The molecule has 1 atom stereocenters. The second-order valence-corrected chi connectivity index (χ2v) is 13.8. The Balaban J connectivity index is 1.82. The third-order valence-corrected chi connectivity index (χ3v) is 9.85. The van der Waals surface area contributed by atoms with E-state index in [1.165, 1.54) is 39.4 Å². The normalized spacial score (nSPS) is 12.7. The lowest BCUT2D eigenvalue weighted by Gasteiger charge is -2.27. The summed E-state index contributed by atoms with van der Waals surface area (Å²) in [5.74, 6) is -2.16. The van der Waals surface area contributed by atoms with Crippen molar-refractivity contribution in [2.75, 3.05) is 30.4 Å². The highest BCUT2D eigenvalue weighted by Gasteiger charge is 2.38. The Morgan fingerprint density at radius 3 is 2.06 bits per heavy atom. The van der Waals surface area contributed by atoms with Gasteiger partial charge in [0, 0.05) is 31.8 Å². The fourth-order valence-electron chi connectivity index (χ4n) is 5.27. The number of Topliss-reactive ketones (excluding diaryl/α,β-unsaturated/α-hetero) is 1. The summed E-state index contributed by atoms with van der Waals surface area (Å²) in [5.41, 5.74) is -2.57. The number of methoxy groups -OCH3 is 1. The molecule has 1 unspecified atom stereocenters. The number of alkyl halides is 6. The average Bonchev–Trinajstić information content (AvgIpc) is 3.06. The van der Waals surface area contributed by atoms with Crippen LogP contribution in [0.2, 0.25) is 5.02 Å². The number of nitrogens with zero attached hydrogens (tertiary/aromatic N) is 2. The van der Waals surface area contributed by atoms with Crippen LogP contribution in [0.4, 0.5) is 37.7 Å². The number of esters is 1. The Morgan fingerprint density at radius 2 is 1.46 bits per heavy atom. The van der Waals surface area contributed by atoms with Crippen molar-refractivity contribution < 1.29 is 49.1 Å². The van der Waals surface area contributed by atoms with Crippen molar-refractivity contribution >= 4 is 44.8 Å². The summed E-state index contributed by atoms with van der Waals surface area (Å²) < 4.78 is 117. The van der Waals surface area contributed by atoms with Crippen LogP contribution in [-0.2, 0) is 44.9 Å². The van der Waals surface area contributed by atoms with E-state index in [-0.39, 0.29) is 35.3 Å². The second kappa shape index (κ2) is 15.1. The molecule has 0 saturated carbocycles. The third kappa shape index (κ3) is 8.96. The van der Waals surface area contributed by atoms with Crippen LogP contribution < -0.4 is 9.21 Å². The Labute approximate surface area is 290 Å². The molecule has 15 heteroatoms. The van der Waals surface area contributed by atoms with E-state index in [0.29, 0.717) is 16.4 Å². The van der Waals surface area contributed by atoms with Crippen molar-refractivity contribution in [3.05, 3.63) is 124 Å². The van der Waals surface area contributed by atoms with Gasteiger partial charge < -0.3 is 9.64 Å². The monoisotopic (exact) mass is 740 g/mol. The lowest BCUT2D eigenvalue weighted by molar-refractivity contribution is -0.145. The number of ketones is 1. The zero-order valence-electron chi connectivity index (χ0n) is 26.8. The summed E-state index contributed by atoms with van der Waals surface area (Å²) in [6.07, 6.45) is -10.1. The number of sulfonamides is 1. The highest BCUT2D eigenvalue weighted by molar-refractivity contribution is 7.92. The van der Waals surface area contributed by atoms with Crippen molar-refractivity contribution in [2.24, 2.45) is 5.92 Å². The summed E-state index contributed by atoms with van der Waals surface area (Å²) in [6, 6.07) is 19.0. The summed E-state index contributed by atoms with van der Waals surface area (Å²) in [6.45, 7) is -0.782. The predicted octanol–water partition coefficient (Wildman–Crippen LogP) is 8.44. The molecule has 4 rings (SSSR count). The topological polar surface area (TPSA) is 84.0 Å². The van der Waals surface area contributed by atoms with E-state index in [1.54, 1.807) is 30.3 Å². The Kier molecular flexibility index (Phi) is 11.6. The quantitative estimate of drug-likeness (QED) is 0.0824. The van der Waals surface area contributed by atoms with Gasteiger partial charge in [-0.1, -0.05) is 60.1 Å². The lowest BCUT2D eigenvalue weighted by atomic mass is 9.92. The molecule has 4 aromatic carbocycles. The number of halogens is 7. The number of carbonyl (C=O) groups is 2. The first-order valence-corrected chi connectivity index (χ1v) is 16.7. The maximum atomic E-state index is 14.2. The first kappa shape index (κ1) is 38.2. The predicted molar refractivity (Wildman–Crippen MR) is 177 cm³/mol. The fourth-order valence-corrected chi connectivity index (χ4v) is 6.97. The molecule has 0 saturated heterocycles. The van der Waals surface area contributed by atoms with Gasteiger partial charge in [-0.3, -0.25) is 13.9 Å². The average molecular weight is 741 g/mol. The molecule has 0 aromatic heterocycles. The van der Waals surface area contributed by atoms with Crippen LogP contribution in [0.3, 0.4) is 0 Å². The molecule has 0 spiro atoms. The summed E-state index contributed by atoms with van der Waals surface area (Å²) >= 11 is 5.77. The Hall–Kier alpha value is -4.56. The minimum Gasteiger partial charge on any atom is -0.469 e. The molecule has 0 aliphatic carbocycles. The Bertz CT molecular complexity index is 1970. The molecule has 4 aromatic rings. The zero-order chi connectivity index (χ0) is 37.0. The molecular formula is C35H31ClF6N2O5S. The summed E-state index contributed by atoms with van der Waals surface area (Å²) in [5, 5.41) is -0.645. The number of hydrogen-bond acceptors (Lipinski definition) is 6. The van der Waals surface area contributed by atoms with Crippen molar-refractivity contribution in [3.63, 3.8) is 0 Å². The lowest BCUT2D eigenvalue weighted by Crippen LogP contribution is -2.31. The van der Waals surface area contributed by atoms with Crippen LogP contribution in [0.1, 0.15) is 39.0 Å². The molecule has 0 aliphatic heterocycles. The number of benzene rings is 4. The van der Waals surface area contributed by atoms with E-state index >= 15 is 0 Å². The fraction of sp³-hybridized carbons (Fsp3) is 0.257. The standard InChI is InChI=1S/C35H31ClF6N2O5S/c1-43(2)31-15-13-27(20-29(31)35(40,41)42)50(47,48)44(21-23-12-14-30(36)28(17-23)34(37,38)39)26-11-7-10-24(18-26)32(45)19-25(33(46)49-3)16-22-8-5-4-6-9-22/h4-15,17-18,20,25H,16,19,21H2,1-3H3. The van der Waals surface area contributed by atoms with E-state index in [4.69, 9.17) is 16.3 Å². The van der Waals surface area contributed by atoms with Crippen molar-refractivity contribution in [3.8, 4) is 0 Å². The van der Waals surface area contributed by atoms with Gasteiger partial charge in [0.15, 0.2) is 5.78 Å². The number of carbonyl (C=O) groups excluding carboxylic acids is 2. The van der Waals surface area contributed by atoms with E-state index in [2.05, 4.69) is 0 Å². The van der Waals surface area contributed by atoms with E-state index in [0.717, 1.165) is 40.8 Å². The second-order valence-electron chi connectivity index (χ2n) is 11.5. The molecular weight excluding hydrogens is 710 g/mol. The van der Waals surface area contributed by atoms with Gasteiger partial charge >= 0.3 is 18.3 Å². The third-order valence-electron chi connectivity index (χ3n) is 7.75. The van der Waals surface area contributed by atoms with Crippen molar-refractivity contribution in [1.29, 1.82) is 0 Å². The van der Waals surface area contributed by atoms with Gasteiger partial charge in [-0.15, -0.1) is 0 Å². The molecule has 0 heterocycles.